The number of halogens is 1. The number of hydrogen-bond acceptors (Lipinski definition) is 8. The molecule has 2 bridgehead atoms. The van der Waals surface area contributed by atoms with E-state index in [0.29, 0.717) is 36.5 Å². The van der Waals surface area contributed by atoms with Gasteiger partial charge in [-0.3, -0.25) is 4.79 Å². The van der Waals surface area contributed by atoms with Crippen LogP contribution in [0, 0.1) is 29.1 Å². The Hall–Kier alpha value is -2.37. The molecule has 49 heavy (non-hydrogen) atoms. The van der Waals surface area contributed by atoms with Gasteiger partial charge < -0.3 is 24.0 Å². The Kier molecular flexibility index (Phi) is 8.54. The van der Waals surface area contributed by atoms with Crippen molar-refractivity contribution in [1.29, 1.82) is 0 Å². The number of rotatable bonds is 3. The van der Waals surface area contributed by atoms with Crippen LogP contribution < -0.4 is 14.4 Å². The van der Waals surface area contributed by atoms with Crippen LogP contribution >= 0.6 is 11.6 Å². The molecule has 8 rings (SSSR count). The van der Waals surface area contributed by atoms with Gasteiger partial charge in [0.1, 0.15) is 5.75 Å². The topological polar surface area (TPSA) is 97.4 Å². The number of nitrogens with one attached hydrogen (secondary N) is 1. The highest BCUT2D eigenvalue weighted by Gasteiger charge is 2.77. The van der Waals surface area contributed by atoms with Crippen molar-refractivity contribution in [3.63, 3.8) is 0 Å². The minimum atomic E-state index is -3.90. The summed E-state index contributed by atoms with van der Waals surface area (Å²) in [6.07, 6.45) is 6.54. The van der Waals surface area contributed by atoms with E-state index in [9.17, 15) is 13.2 Å². The van der Waals surface area contributed by atoms with Gasteiger partial charge >= 0.3 is 0 Å². The third-order valence-electron chi connectivity index (χ3n) is 13.0. The van der Waals surface area contributed by atoms with Crippen molar-refractivity contribution < 1.29 is 27.4 Å². The van der Waals surface area contributed by atoms with E-state index in [1.165, 1.54) is 11.1 Å². The Labute approximate surface area is 296 Å². The molecule has 2 unspecified atom stereocenters. The first-order chi connectivity index (χ1) is 23.4. The molecule has 266 valence electrons. The Morgan fingerprint density at radius 3 is 2.76 bits per heavy atom. The van der Waals surface area contributed by atoms with Crippen molar-refractivity contribution >= 4 is 33.2 Å². The number of hydrogen-bond donors (Lipinski definition) is 1. The molecule has 11 heteroatoms. The van der Waals surface area contributed by atoms with Crippen LogP contribution in [0.5, 0.6) is 5.75 Å². The lowest BCUT2D eigenvalue weighted by molar-refractivity contribution is -0.118. The molecule has 6 aliphatic rings. The van der Waals surface area contributed by atoms with Gasteiger partial charge in [-0.15, -0.1) is 0 Å². The average molecular weight is 712 g/mol. The molecule has 1 amide bonds. The lowest BCUT2D eigenvalue weighted by Crippen LogP contribution is -2.47. The smallest absolute Gasteiger partial charge is 0.264 e. The second kappa shape index (κ2) is 12.4. The molecule has 3 aliphatic heterocycles. The average Bonchev–Trinajstić information content (AvgIpc) is 3.32. The largest absolute Gasteiger partial charge is 0.490 e. The normalized spacial score (nSPS) is 38.1. The van der Waals surface area contributed by atoms with E-state index in [2.05, 4.69) is 40.7 Å². The zero-order chi connectivity index (χ0) is 34.3. The SMILES string of the molecule is C[C@@H]1[C@@H](C)CCCC2([C@@H]3OC[C@H](CN(C)C)O3)C3C[C@@H](CN4C[C@@]5(CCCc6cc(Cl)ccc65)COc5ccc(cc54)C(=O)NS1(=O)=O)[C@@H]32. The van der Waals surface area contributed by atoms with Crippen molar-refractivity contribution in [3.8, 4) is 5.75 Å². The van der Waals surface area contributed by atoms with Crippen LogP contribution in [-0.4, -0.2) is 83.8 Å². The third kappa shape index (κ3) is 5.78. The summed E-state index contributed by atoms with van der Waals surface area (Å²) < 4.78 is 49.3. The van der Waals surface area contributed by atoms with Crippen molar-refractivity contribution in [2.24, 2.45) is 29.1 Å². The van der Waals surface area contributed by atoms with Crippen molar-refractivity contribution in [3.05, 3.63) is 58.1 Å². The number of carbonyl (C=O) groups is 1. The van der Waals surface area contributed by atoms with Crippen LogP contribution in [0.2, 0.25) is 5.02 Å². The molecule has 3 fully saturated rings. The van der Waals surface area contributed by atoms with E-state index in [0.717, 1.165) is 81.0 Å². The van der Waals surface area contributed by atoms with E-state index in [-0.39, 0.29) is 29.1 Å². The zero-order valence-electron chi connectivity index (χ0n) is 29.1. The minimum Gasteiger partial charge on any atom is -0.490 e. The fourth-order valence-corrected chi connectivity index (χ4v) is 11.8. The Bertz CT molecular complexity index is 1740. The van der Waals surface area contributed by atoms with Gasteiger partial charge in [0.2, 0.25) is 10.0 Å². The number of benzene rings is 2. The molecule has 0 aromatic heterocycles. The first-order valence-corrected chi connectivity index (χ1v) is 20.1. The molecule has 2 aromatic rings. The monoisotopic (exact) mass is 711 g/mol. The van der Waals surface area contributed by atoms with Crippen LogP contribution in [0.25, 0.3) is 0 Å². The predicted octanol–water partition coefficient (Wildman–Crippen LogP) is 5.64. The molecule has 2 saturated carbocycles. The van der Waals surface area contributed by atoms with Gasteiger partial charge in [-0.1, -0.05) is 31.0 Å². The predicted molar refractivity (Wildman–Crippen MR) is 190 cm³/mol. The minimum absolute atomic E-state index is 0.0497. The number of anilines is 1. The highest BCUT2D eigenvalue weighted by Crippen LogP contribution is 2.78. The van der Waals surface area contributed by atoms with Gasteiger partial charge in [0.05, 0.1) is 30.3 Å². The lowest BCUT2D eigenvalue weighted by atomic mass is 9.70. The molecule has 1 spiro atoms. The summed E-state index contributed by atoms with van der Waals surface area (Å²) in [5.74, 6) is 1.48. The number of likely N-dealkylation sites (N-methyl/N-ethyl adjacent to an activating group) is 1. The van der Waals surface area contributed by atoms with Crippen LogP contribution in [0.15, 0.2) is 36.4 Å². The van der Waals surface area contributed by atoms with Crippen LogP contribution in [-0.2, 0) is 31.3 Å². The van der Waals surface area contributed by atoms with Crippen molar-refractivity contribution in [1.82, 2.24) is 9.62 Å². The summed E-state index contributed by atoms with van der Waals surface area (Å²) in [5, 5.41) is 0.0375. The third-order valence-corrected chi connectivity index (χ3v) is 15.2. The molecule has 3 heterocycles. The van der Waals surface area contributed by atoms with Crippen LogP contribution in [0.3, 0.4) is 0 Å². The Morgan fingerprint density at radius 2 is 1.94 bits per heavy atom. The number of fused-ring (bicyclic) bond motifs is 4. The highest BCUT2D eigenvalue weighted by atomic mass is 35.5. The van der Waals surface area contributed by atoms with Gasteiger partial charge in [-0.25, -0.2) is 13.1 Å². The molecule has 1 N–H and O–H groups in total. The second-order valence-corrected chi connectivity index (χ2v) is 18.7. The van der Waals surface area contributed by atoms with Crippen LogP contribution in [0.1, 0.15) is 73.9 Å². The maximum absolute atomic E-state index is 13.6. The Morgan fingerprint density at radius 1 is 1.10 bits per heavy atom. The molecular formula is C38H50ClN3O6S. The fraction of sp³-hybridized carbons (Fsp3) is 0.658. The standard InChI is InChI=1S/C38H50ClN3O6S/c1-23-7-5-14-38(36-46-20-29(48-36)19-41(3)4)31-16-27(34(31)38)18-42-21-37(13-6-8-25-15-28(39)10-11-30(25)37)22-47-33-12-9-26(17-32(33)42)35(43)40-49(44,45)24(23)2/h9-12,15,17,23-24,27,29,31,34,36H,5-8,13-14,16,18-22H2,1-4H3,(H,40,43)/t23-,24+,27-,29-,31?,34-,36+,37-,38?/m0/s1. The summed E-state index contributed by atoms with van der Waals surface area (Å²) in [6, 6.07) is 11.7. The maximum Gasteiger partial charge on any atom is 0.264 e. The molecular weight excluding hydrogens is 662 g/mol. The molecule has 2 aromatic carbocycles. The van der Waals surface area contributed by atoms with Crippen LogP contribution in [0.4, 0.5) is 5.69 Å². The zero-order valence-corrected chi connectivity index (χ0v) is 30.7. The van der Waals surface area contributed by atoms with E-state index >= 15 is 0 Å². The first-order valence-electron chi connectivity index (χ1n) is 18.2. The van der Waals surface area contributed by atoms with E-state index in [4.69, 9.17) is 25.8 Å². The summed E-state index contributed by atoms with van der Waals surface area (Å²) in [7, 11) is 0.232. The molecule has 1 saturated heterocycles. The molecule has 3 aliphatic carbocycles. The second-order valence-electron chi connectivity index (χ2n) is 16.3. The van der Waals surface area contributed by atoms with Gasteiger partial charge in [0, 0.05) is 41.1 Å². The number of nitrogens with zero attached hydrogens (tertiary/aromatic N) is 2. The maximum atomic E-state index is 13.6. The van der Waals surface area contributed by atoms with E-state index in [1.54, 1.807) is 13.0 Å². The number of sulfonamides is 1. The van der Waals surface area contributed by atoms with Gasteiger partial charge in [0.25, 0.3) is 5.91 Å². The molecule has 0 radical (unpaired) electrons. The summed E-state index contributed by atoms with van der Waals surface area (Å²) in [4.78, 5) is 18.2. The number of aryl methyl sites for hydroxylation is 1. The first kappa shape index (κ1) is 33.8. The summed E-state index contributed by atoms with van der Waals surface area (Å²) in [6.45, 7) is 7.22. The van der Waals surface area contributed by atoms with Gasteiger partial charge in [0.15, 0.2) is 6.29 Å². The van der Waals surface area contributed by atoms with Gasteiger partial charge in [-0.05, 0) is 125 Å². The number of ether oxygens (including phenoxy) is 3. The molecule has 9 nitrogen and oxygen atoms in total. The number of carbonyl (C=O) groups excluding carboxylic acids is 1. The quantitative estimate of drug-likeness (QED) is 0.438. The van der Waals surface area contributed by atoms with Crippen molar-refractivity contribution in [2.75, 3.05) is 51.8 Å². The van der Waals surface area contributed by atoms with E-state index in [1.807, 2.05) is 25.1 Å². The van der Waals surface area contributed by atoms with Gasteiger partial charge in [-0.2, -0.15) is 0 Å². The summed E-state index contributed by atoms with van der Waals surface area (Å²) >= 11 is 6.47. The van der Waals surface area contributed by atoms with E-state index < -0.39 is 21.2 Å². The fourth-order valence-electron chi connectivity index (χ4n) is 10.3. The molecule has 9 atom stereocenters. The lowest BCUT2D eigenvalue weighted by Gasteiger charge is -2.42. The number of amides is 1. The Balaban J connectivity index is 1.17. The van der Waals surface area contributed by atoms with Crippen molar-refractivity contribution in [2.45, 2.75) is 81.9 Å². The summed E-state index contributed by atoms with van der Waals surface area (Å²) in [5.41, 5.74) is 3.45. The highest BCUT2D eigenvalue weighted by molar-refractivity contribution is 7.90.